The Hall–Kier alpha value is -7.57. The zero-order chi connectivity index (χ0) is 37.5. The monoisotopic (exact) mass is 725 g/mol. The summed E-state index contributed by atoms with van der Waals surface area (Å²) in [6, 6.07) is 69.5. The highest BCUT2D eigenvalue weighted by Crippen LogP contribution is 2.41. The number of aromatic nitrogens is 5. The van der Waals surface area contributed by atoms with Crippen molar-refractivity contribution in [2.45, 2.75) is 0 Å². The van der Waals surface area contributed by atoms with Gasteiger partial charge >= 0.3 is 0 Å². The molecule has 0 unspecified atom stereocenters. The van der Waals surface area contributed by atoms with Crippen molar-refractivity contribution >= 4 is 66.7 Å². The molecule has 0 radical (unpaired) electrons. The molecule has 0 fully saturated rings. The van der Waals surface area contributed by atoms with Gasteiger partial charge in [0, 0.05) is 32.7 Å². The fourth-order valence-corrected chi connectivity index (χ4v) is 9.33. The van der Waals surface area contributed by atoms with Crippen LogP contribution >= 0.6 is 0 Å². The molecule has 0 amide bonds. The molecule has 11 aromatic rings. The Balaban J connectivity index is 1.30. The Morgan fingerprint density at radius 2 is 0.754 bits per heavy atom. The first kappa shape index (κ1) is 31.8. The van der Waals surface area contributed by atoms with Crippen molar-refractivity contribution in [3.8, 4) is 45.5 Å². The molecule has 0 atom stereocenters. The van der Waals surface area contributed by atoms with Crippen molar-refractivity contribution in [1.82, 2.24) is 24.1 Å². The van der Waals surface area contributed by atoms with Gasteiger partial charge in [-0.15, -0.1) is 0 Å². The average Bonchev–Trinajstić information content (AvgIpc) is 3.80. The lowest BCUT2D eigenvalue weighted by Gasteiger charge is -2.22. The molecule has 6 heteroatoms. The van der Waals surface area contributed by atoms with Gasteiger partial charge in [-0.25, -0.2) is 0 Å². The van der Waals surface area contributed by atoms with Gasteiger partial charge in [0.25, 0.3) is 0 Å². The molecule has 0 saturated carbocycles. The molecule has 1 aliphatic rings. The van der Waals surface area contributed by atoms with Crippen molar-refractivity contribution < 1.29 is 0 Å². The van der Waals surface area contributed by atoms with E-state index in [4.69, 9.17) is 15.0 Å². The minimum Gasteiger partial charge on any atom is -0.278 e. The van der Waals surface area contributed by atoms with Crippen LogP contribution in [0.3, 0.4) is 0 Å². The summed E-state index contributed by atoms with van der Waals surface area (Å²) in [5.74, 6) is 1.75. The van der Waals surface area contributed by atoms with Gasteiger partial charge in [-0.2, -0.15) is 15.0 Å². The maximum Gasteiger partial charge on any atom is 0.242 e. The topological polar surface area (TPSA) is 48.5 Å². The predicted molar refractivity (Wildman–Crippen MR) is 236 cm³/mol. The van der Waals surface area contributed by atoms with Crippen LogP contribution in [0.4, 0.5) is 0 Å². The number of hydrogen-bond donors (Lipinski definition) is 0. The summed E-state index contributed by atoms with van der Waals surface area (Å²) in [7, 11) is 0. The first-order valence-electron chi connectivity index (χ1n) is 19.4. The van der Waals surface area contributed by atoms with E-state index < -0.39 is 0 Å². The van der Waals surface area contributed by atoms with Crippen LogP contribution in [0.15, 0.2) is 194 Å². The molecule has 0 aliphatic carbocycles. The van der Waals surface area contributed by atoms with Crippen LogP contribution in [-0.2, 0) is 0 Å². The third-order valence-electron chi connectivity index (χ3n) is 11.7. The minimum absolute atomic E-state index is 0.125. The molecule has 12 rings (SSSR count). The Morgan fingerprint density at radius 3 is 1.42 bits per heavy atom. The van der Waals surface area contributed by atoms with Crippen molar-refractivity contribution in [1.29, 1.82) is 0 Å². The second-order valence-electron chi connectivity index (χ2n) is 14.7. The largest absolute Gasteiger partial charge is 0.278 e. The molecule has 5 nitrogen and oxygen atoms in total. The molecule has 0 saturated heterocycles. The highest BCUT2D eigenvalue weighted by atomic mass is 15.3. The number of nitrogens with zero attached hydrogens (tertiary/aromatic N) is 5. The maximum atomic E-state index is 5.52. The smallest absolute Gasteiger partial charge is 0.242 e. The summed E-state index contributed by atoms with van der Waals surface area (Å²) in [5.41, 5.74) is 13.3. The predicted octanol–water partition coefficient (Wildman–Crippen LogP) is 9.90. The lowest BCUT2D eigenvalue weighted by atomic mass is 9.35. The summed E-state index contributed by atoms with van der Waals surface area (Å²) < 4.78 is 4.47. The fraction of sp³-hybridized carbons (Fsp3) is 0. The second-order valence-corrected chi connectivity index (χ2v) is 14.7. The van der Waals surface area contributed by atoms with Crippen LogP contribution in [0, 0.1) is 0 Å². The van der Waals surface area contributed by atoms with Gasteiger partial charge in [-0.3, -0.25) is 9.13 Å². The van der Waals surface area contributed by atoms with Gasteiger partial charge in [0.2, 0.25) is 18.6 Å². The summed E-state index contributed by atoms with van der Waals surface area (Å²) >= 11 is 0. The van der Waals surface area contributed by atoms with Crippen LogP contribution in [0.5, 0.6) is 0 Å². The van der Waals surface area contributed by atoms with Crippen LogP contribution in [-0.4, -0.2) is 30.8 Å². The van der Waals surface area contributed by atoms with Gasteiger partial charge in [0.1, 0.15) is 0 Å². The second kappa shape index (κ2) is 12.5. The molecular weight excluding hydrogens is 693 g/mol. The number of benzene rings is 8. The standard InChI is InChI=1S/C51H32BN5/c1-2-17-33(18-3-1)52-43-28-11-6-21-36(43)34-19-4-5-20-35(34)40-26-16-27-41-39-24-10-15-32-47(39)57(48(40)41)51-54-49(42-25-7-12-29-44(42)52)53-50(55-51)56-45-30-13-8-22-37(45)38-23-9-14-31-46(38)56/h1-32H. The fourth-order valence-electron chi connectivity index (χ4n) is 9.33. The van der Waals surface area contributed by atoms with E-state index in [2.05, 4.69) is 203 Å². The summed E-state index contributed by atoms with van der Waals surface area (Å²) in [4.78, 5) is 16.5. The zero-order valence-electron chi connectivity index (χ0n) is 30.8. The van der Waals surface area contributed by atoms with Gasteiger partial charge in [0.05, 0.1) is 22.1 Å². The number of rotatable bonds is 2. The van der Waals surface area contributed by atoms with E-state index in [0.717, 1.165) is 65.8 Å². The van der Waals surface area contributed by atoms with Crippen molar-refractivity contribution in [3.05, 3.63) is 194 Å². The van der Waals surface area contributed by atoms with E-state index in [1.807, 2.05) is 0 Å². The number of fused-ring (bicyclic) bond motifs is 15. The van der Waals surface area contributed by atoms with Crippen LogP contribution in [0.2, 0.25) is 0 Å². The molecule has 264 valence electrons. The Labute approximate surface area is 329 Å². The molecular formula is C51H32BN5. The third kappa shape index (κ3) is 4.74. The van der Waals surface area contributed by atoms with Crippen molar-refractivity contribution in [3.63, 3.8) is 0 Å². The summed E-state index contributed by atoms with van der Waals surface area (Å²) in [5, 5.41) is 4.59. The normalized spacial score (nSPS) is 12.2. The SMILES string of the molecule is c1ccc(B2c3ccccc3-c3nc(-n4c5ccccc5c5ccccc54)nc(n3)-n3c4ccccc4c4cccc(c43)-c3ccccc3-c3ccccc32)cc1. The summed E-state index contributed by atoms with van der Waals surface area (Å²) in [6.07, 6.45) is 0. The van der Waals surface area contributed by atoms with E-state index >= 15 is 0 Å². The highest BCUT2D eigenvalue weighted by molar-refractivity contribution is 6.97. The van der Waals surface area contributed by atoms with Crippen LogP contribution in [0.25, 0.3) is 89.2 Å². The third-order valence-corrected chi connectivity index (χ3v) is 11.7. The average molecular weight is 726 g/mol. The molecule has 0 N–H and O–H groups in total. The Kier molecular flexibility index (Phi) is 6.95. The van der Waals surface area contributed by atoms with E-state index in [1.165, 1.54) is 22.1 Å². The zero-order valence-corrected chi connectivity index (χ0v) is 30.8. The maximum absolute atomic E-state index is 5.52. The van der Waals surface area contributed by atoms with E-state index in [-0.39, 0.29) is 6.71 Å². The van der Waals surface area contributed by atoms with Crippen molar-refractivity contribution in [2.24, 2.45) is 0 Å². The van der Waals surface area contributed by atoms with Gasteiger partial charge < -0.3 is 0 Å². The van der Waals surface area contributed by atoms with Gasteiger partial charge in [-0.1, -0.05) is 192 Å². The Bertz CT molecular complexity index is 3330. The lowest BCUT2D eigenvalue weighted by molar-refractivity contribution is 0.893. The molecule has 1 aliphatic heterocycles. The first-order chi connectivity index (χ1) is 28.3. The highest BCUT2D eigenvalue weighted by Gasteiger charge is 2.31. The minimum atomic E-state index is -0.125. The molecule has 2 bridgehead atoms. The molecule has 4 heterocycles. The molecule has 8 aromatic carbocycles. The number of para-hydroxylation sites is 4. The van der Waals surface area contributed by atoms with E-state index in [9.17, 15) is 0 Å². The molecule has 0 spiro atoms. The Morgan fingerprint density at radius 1 is 0.316 bits per heavy atom. The molecule has 3 aromatic heterocycles. The quantitative estimate of drug-likeness (QED) is 0.167. The number of hydrogen-bond acceptors (Lipinski definition) is 3. The lowest BCUT2D eigenvalue weighted by Crippen LogP contribution is -2.53. The van der Waals surface area contributed by atoms with Crippen LogP contribution < -0.4 is 16.4 Å². The van der Waals surface area contributed by atoms with Crippen LogP contribution in [0.1, 0.15) is 0 Å². The van der Waals surface area contributed by atoms with Gasteiger partial charge in [0.15, 0.2) is 5.82 Å². The summed E-state index contributed by atoms with van der Waals surface area (Å²) in [6.45, 7) is -0.125. The van der Waals surface area contributed by atoms with E-state index in [0.29, 0.717) is 17.7 Å². The van der Waals surface area contributed by atoms with Gasteiger partial charge in [-0.05, 0) is 34.9 Å². The molecule has 57 heavy (non-hydrogen) atoms. The first-order valence-corrected chi connectivity index (χ1v) is 19.4. The van der Waals surface area contributed by atoms with E-state index in [1.54, 1.807) is 0 Å². The van der Waals surface area contributed by atoms with Crippen molar-refractivity contribution in [2.75, 3.05) is 0 Å².